The molecule has 2 aromatic rings. The molecule has 0 bridgehead atoms. The molecule has 0 saturated carbocycles. The number of rotatable bonds is 6. The van der Waals surface area contributed by atoms with Crippen molar-refractivity contribution in [2.24, 2.45) is 5.73 Å². The number of hydrogen-bond acceptors (Lipinski definition) is 3. The number of primary amides is 1. The van der Waals surface area contributed by atoms with Crippen molar-refractivity contribution in [1.82, 2.24) is 0 Å². The summed E-state index contributed by atoms with van der Waals surface area (Å²) in [5.74, 6) is -0.106. The monoisotopic (exact) mass is 324 g/mol. The summed E-state index contributed by atoms with van der Waals surface area (Å²) in [4.78, 5) is 10.7. The van der Waals surface area contributed by atoms with Crippen LogP contribution in [0.2, 0.25) is 10.0 Å². The second-order valence-corrected chi connectivity index (χ2v) is 5.22. The Morgan fingerprint density at radius 3 is 2.48 bits per heavy atom. The normalized spacial score (nSPS) is 10.2. The molecule has 2 aromatic carbocycles. The molecular weight excluding hydrogens is 311 g/mol. The quantitative estimate of drug-likeness (QED) is 0.855. The Kier molecular flexibility index (Phi) is 5.31. The highest BCUT2D eigenvalue weighted by molar-refractivity contribution is 6.32. The lowest BCUT2D eigenvalue weighted by atomic mass is 10.2. The van der Waals surface area contributed by atoms with Gasteiger partial charge >= 0.3 is 0 Å². The van der Waals surface area contributed by atoms with Crippen molar-refractivity contribution >= 4 is 34.8 Å². The van der Waals surface area contributed by atoms with E-state index in [0.717, 1.165) is 11.3 Å². The standard InChI is InChI=1S/C15H14Cl2N2O2/c16-11-2-4-12(5-3-11)19-8-10-1-6-14(13(17)7-10)21-9-15(18)20/h1-7,19H,8-9H2,(H2,18,20). The van der Waals surface area contributed by atoms with E-state index in [-0.39, 0.29) is 6.61 Å². The number of benzene rings is 2. The molecule has 0 radical (unpaired) electrons. The first-order valence-electron chi connectivity index (χ1n) is 6.23. The van der Waals surface area contributed by atoms with Crippen LogP contribution in [0.15, 0.2) is 42.5 Å². The number of amides is 1. The molecule has 110 valence electrons. The van der Waals surface area contributed by atoms with Crippen LogP contribution in [-0.4, -0.2) is 12.5 Å². The van der Waals surface area contributed by atoms with E-state index in [4.69, 9.17) is 33.7 Å². The van der Waals surface area contributed by atoms with E-state index in [1.165, 1.54) is 0 Å². The maximum absolute atomic E-state index is 10.7. The van der Waals surface area contributed by atoms with Gasteiger partial charge in [-0.1, -0.05) is 29.3 Å². The van der Waals surface area contributed by atoms with Crippen LogP contribution in [0.5, 0.6) is 5.75 Å². The molecule has 21 heavy (non-hydrogen) atoms. The van der Waals surface area contributed by atoms with E-state index in [1.54, 1.807) is 12.1 Å². The van der Waals surface area contributed by atoms with Crippen LogP contribution in [-0.2, 0) is 11.3 Å². The van der Waals surface area contributed by atoms with Crippen molar-refractivity contribution in [3.63, 3.8) is 0 Å². The molecule has 3 N–H and O–H groups in total. The maximum Gasteiger partial charge on any atom is 0.255 e. The summed E-state index contributed by atoms with van der Waals surface area (Å²) in [6.45, 7) is 0.416. The molecular formula is C15H14Cl2N2O2. The van der Waals surface area contributed by atoms with Gasteiger partial charge in [-0.25, -0.2) is 0 Å². The molecule has 1 amide bonds. The van der Waals surface area contributed by atoms with Crippen LogP contribution in [0.3, 0.4) is 0 Å². The van der Waals surface area contributed by atoms with Gasteiger partial charge in [-0.3, -0.25) is 4.79 Å². The third kappa shape index (κ3) is 4.85. The van der Waals surface area contributed by atoms with Gasteiger partial charge < -0.3 is 15.8 Å². The van der Waals surface area contributed by atoms with Crippen LogP contribution in [0, 0.1) is 0 Å². The van der Waals surface area contributed by atoms with Crippen molar-refractivity contribution < 1.29 is 9.53 Å². The van der Waals surface area contributed by atoms with Crippen LogP contribution < -0.4 is 15.8 Å². The Balaban J connectivity index is 1.96. The molecule has 0 aliphatic rings. The van der Waals surface area contributed by atoms with Gasteiger partial charge in [0.25, 0.3) is 5.91 Å². The molecule has 6 heteroatoms. The smallest absolute Gasteiger partial charge is 0.255 e. The number of nitrogens with one attached hydrogen (secondary N) is 1. The summed E-state index contributed by atoms with van der Waals surface area (Å²) in [5, 5.41) is 4.38. The number of carbonyl (C=O) groups is 1. The Morgan fingerprint density at radius 2 is 1.86 bits per heavy atom. The van der Waals surface area contributed by atoms with E-state index in [0.29, 0.717) is 22.3 Å². The third-order valence-electron chi connectivity index (χ3n) is 2.71. The molecule has 0 aromatic heterocycles. The first kappa shape index (κ1) is 15.5. The molecule has 0 aliphatic carbocycles. The number of nitrogens with two attached hydrogens (primary N) is 1. The fraction of sp³-hybridized carbons (Fsp3) is 0.133. The number of anilines is 1. The van der Waals surface area contributed by atoms with E-state index in [9.17, 15) is 4.79 Å². The van der Waals surface area contributed by atoms with Gasteiger partial charge in [0.2, 0.25) is 0 Å². The van der Waals surface area contributed by atoms with Gasteiger partial charge in [-0.05, 0) is 42.0 Å². The second-order valence-electron chi connectivity index (χ2n) is 4.38. The lowest BCUT2D eigenvalue weighted by Crippen LogP contribution is -2.20. The van der Waals surface area contributed by atoms with Gasteiger partial charge in [-0.2, -0.15) is 0 Å². The van der Waals surface area contributed by atoms with Crippen molar-refractivity contribution in [1.29, 1.82) is 0 Å². The summed E-state index contributed by atoms with van der Waals surface area (Å²) >= 11 is 11.9. The predicted molar refractivity (Wildman–Crippen MR) is 84.9 cm³/mol. The van der Waals surface area contributed by atoms with E-state index in [1.807, 2.05) is 30.3 Å². The van der Waals surface area contributed by atoms with Gasteiger partial charge in [-0.15, -0.1) is 0 Å². The zero-order valence-electron chi connectivity index (χ0n) is 11.1. The minimum atomic E-state index is -0.542. The first-order chi connectivity index (χ1) is 10.0. The zero-order chi connectivity index (χ0) is 15.2. The summed E-state index contributed by atoms with van der Waals surface area (Å²) in [7, 11) is 0. The minimum absolute atomic E-state index is 0.192. The maximum atomic E-state index is 10.7. The summed E-state index contributed by atoms with van der Waals surface area (Å²) in [6.07, 6.45) is 0. The molecule has 2 rings (SSSR count). The Bertz CT molecular complexity index is 630. The molecule has 0 unspecified atom stereocenters. The minimum Gasteiger partial charge on any atom is -0.482 e. The summed E-state index contributed by atoms with van der Waals surface area (Å²) < 4.78 is 5.19. The highest BCUT2D eigenvalue weighted by atomic mass is 35.5. The Hall–Kier alpha value is -1.91. The van der Waals surface area contributed by atoms with Crippen LogP contribution >= 0.6 is 23.2 Å². The fourth-order valence-corrected chi connectivity index (χ4v) is 2.08. The van der Waals surface area contributed by atoms with Crippen LogP contribution in [0.4, 0.5) is 5.69 Å². The first-order valence-corrected chi connectivity index (χ1v) is 6.99. The number of carbonyl (C=O) groups excluding carboxylic acids is 1. The molecule has 0 aliphatic heterocycles. The van der Waals surface area contributed by atoms with E-state index >= 15 is 0 Å². The summed E-state index contributed by atoms with van der Waals surface area (Å²) in [5.41, 5.74) is 6.97. The highest BCUT2D eigenvalue weighted by Gasteiger charge is 2.05. The van der Waals surface area contributed by atoms with Crippen molar-refractivity contribution in [3.8, 4) is 5.75 Å². The zero-order valence-corrected chi connectivity index (χ0v) is 12.6. The lowest BCUT2D eigenvalue weighted by Gasteiger charge is -2.10. The number of hydrogen-bond donors (Lipinski definition) is 2. The van der Waals surface area contributed by atoms with Crippen LogP contribution in [0.1, 0.15) is 5.56 Å². The molecule has 0 fully saturated rings. The predicted octanol–water partition coefficient (Wildman–Crippen LogP) is 3.47. The van der Waals surface area contributed by atoms with Gasteiger partial charge in [0, 0.05) is 17.3 Å². The second kappa shape index (κ2) is 7.20. The SMILES string of the molecule is NC(=O)COc1ccc(CNc2ccc(Cl)cc2)cc1Cl. The summed E-state index contributed by atoms with van der Waals surface area (Å²) in [6, 6.07) is 12.8. The topological polar surface area (TPSA) is 64.4 Å². The molecule has 0 saturated heterocycles. The fourth-order valence-electron chi connectivity index (χ4n) is 1.69. The molecule has 0 atom stereocenters. The van der Waals surface area contributed by atoms with Gasteiger partial charge in [0.1, 0.15) is 5.75 Å². The van der Waals surface area contributed by atoms with Gasteiger partial charge in [0.05, 0.1) is 5.02 Å². The lowest BCUT2D eigenvalue weighted by molar-refractivity contribution is -0.119. The Morgan fingerprint density at radius 1 is 1.14 bits per heavy atom. The van der Waals surface area contributed by atoms with Crippen molar-refractivity contribution in [3.05, 3.63) is 58.1 Å². The average molecular weight is 325 g/mol. The molecule has 0 heterocycles. The van der Waals surface area contributed by atoms with E-state index in [2.05, 4.69) is 5.32 Å². The van der Waals surface area contributed by atoms with Crippen molar-refractivity contribution in [2.75, 3.05) is 11.9 Å². The molecule has 0 spiro atoms. The van der Waals surface area contributed by atoms with E-state index < -0.39 is 5.91 Å². The highest BCUT2D eigenvalue weighted by Crippen LogP contribution is 2.26. The Labute approximate surface area is 132 Å². The van der Waals surface area contributed by atoms with Crippen molar-refractivity contribution in [2.45, 2.75) is 6.54 Å². The largest absolute Gasteiger partial charge is 0.482 e. The number of halogens is 2. The van der Waals surface area contributed by atoms with Crippen LogP contribution in [0.25, 0.3) is 0 Å². The third-order valence-corrected chi connectivity index (χ3v) is 3.25. The molecule has 4 nitrogen and oxygen atoms in total. The average Bonchev–Trinajstić information content (AvgIpc) is 2.45. The van der Waals surface area contributed by atoms with Gasteiger partial charge in [0.15, 0.2) is 6.61 Å². The number of ether oxygens (including phenoxy) is 1.